The number of aromatic nitrogens is 3. The van der Waals surface area contributed by atoms with Crippen LogP contribution < -0.4 is 10.6 Å². The molecular weight excluding hydrogens is 444 g/mol. The minimum absolute atomic E-state index is 0.117. The molecule has 35 heavy (non-hydrogen) atoms. The molecule has 2 aromatic carbocycles. The van der Waals surface area contributed by atoms with Gasteiger partial charge in [0.2, 0.25) is 0 Å². The van der Waals surface area contributed by atoms with Gasteiger partial charge >= 0.3 is 0 Å². The molecule has 0 saturated heterocycles. The van der Waals surface area contributed by atoms with Gasteiger partial charge in [0.15, 0.2) is 5.69 Å². The molecule has 0 saturated carbocycles. The fraction of sp³-hybridized carbons (Fsp3) is 0.192. The fourth-order valence-electron chi connectivity index (χ4n) is 3.73. The molecule has 0 spiro atoms. The smallest absolute Gasteiger partial charge is 0.272 e. The Morgan fingerprint density at radius 3 is 2.29 bits per heavy atom. The van der Waals surface area contributed by atoms with E-state index < -0.39 is 0 Å². The number of hydrogen-bond acceptors (Lipinski definition) is 5. The molecule has 2 aromatic heterocycles. The van der Waals surface area contributed by atoms with Crippen molar-refractivity contribution in [2.24, 2.45) is 7.05 Å². The average molecular weight is 471 g/mol. The predicted octanol–water partition coefficient (Wildman–Crippen LogP) is 2.63. The summed E-state index contributed by atoms with van der Waals surface area (Å²) in [6, 6.07) is 16.2. The van der Waals surface area contributed by atoms with Crippen LogP contribution in [0.2, 0.25) is 0 Å². The standard InChI is InChI=1S/C26H26N6O3/c1-27-24(33)17-7-5-16(6-8-17)14-29-25(34)23-20-13-18(10-12-22(20)32(4)30-23)21-11-9-19(15-28-21)26(35)31(2)3/h5-13,15H,14H2,1-4H3,(H,27,33)(H,29,34). The summed E-state index contributed by atoms with van der Waals surface area (Å²) >= 11 is 0. The van der Waals surface area contributed by atoms with Crippen molar-refractivity contribution >= 4 is 28.6 Å². The number of nitrogens with zero attached hydrogens (tertiary/aromatic N) is 4. The number of nitrogens with one attached hydrogen (secondary N) is 2. The summed E-state index contributed by atoms with van der Waals surface area (Å²) in [5, 5.41) is 10.6. The Hall–Kier alpha value is -4.53. The maximum atomic E-state index is 13.0. The topological polar surface area (TPSA) is 109 Å². The number of benzene rings is 2. The first-order valence-corrected chi connectivity index (χ1v) is 11.0. The molecule has 0 aliphatic carbocycles. The molecule has 0 fully saturated rings. The van der Waals surface area contributed by atoms with Gasteiger partial charge in [-0.3, -0.25) is 24.0 Å². The zero-order chi connectivity index (χ0) is 25.1. The molecule has 0 radical (unpaired) electrons. The SMILES string of the molecule is CNC(=O)c1ccc(CNC(=O)c2nn(C)c3ccc(-c4ccc(C(=O)N(C)C)cn4)cc23)cc1. The molecule has 9 nitrogen and oxygen atoms in total. The summed E-state index contributed by atoms with van der Waals surface area (Å²) in [7, 11) is 6.75. The van der Waals surface area contributed by atoms with Crippen molar-refractivity contribution in [3.63, 3.8) is 0 Å². The molecule has 4 aromatic rings. The van der Waals surface area contributed by atoms with Crippen LogP contribution in [0.1, 0.15) is 36.8 Å². The third kappa shape index (κ3) is 4.89. The first-order chi connectivity index (χ1) is 16.8. The van der Waals surface area contributed by atoms with Gasteiger partial charge in [0.1, 0.15) is 0 Å². The monoisotopic (exact) mass is 470 g/mol. The van der Waals surface area contributed by atoms with Gasteiger partial charge in [0.25, 0.3) is 17.7 Å². The molecule has 4 rings (SSSR count). The number of fused-ring (bicyclic) bond motifs is 1. The molecule has 0 aliphatic rings. The Bertz CT molecular complexity index is 1410. The minimum atomic E-state index is -0.303. The number of rotatable bonds is 6. The highest BCUT2D eigenvalue weighted by Gasteiger charge is 2.17. The van der Waals surface area contributed by atoms with Crippen molar-refractivity contribution in [1.29, 1.82) is 0 Å². The van der Waals surface area contributed by atoms with Crippen molar-refractivity contribution in [1.82, 2.24) is 30.3 Å². The van der Waals surface area contributed by atoms with Gasteiger partial charge < -0.3 is 15.5 Å². The van der Waals surface area contributed by atoms with Gasteiger partial charge in [-0.15, -0.1) is 0 Å². The van der Waals surface area contributed by atoms with Crippen LogP contribution >= 0.6 is 0 Å². The molecule has 178 valence electrons. The van der Waals surface area contributed by atoms with Crippen molar-refractivity contribution in [3.05, 3.63) is 83.2 Å². The van der Waals surface area contributed by atoms with Crippen LogP contribution in [0.15, 0.2) is 60.8 Å². The van der Waals surface area contributed by atoms with Gasteiger partial charge in [-0.05, 0) is 42.0 Å². The number of pyridine rings is 1. The summed E-state index contributed by atoms with van der Waals surface area (Å²) < 4.78 is 1.67. The van der Waals surface area contributed by atoms with Crippen LogP contribution in [0.25, 0.3) is 22.2 Å². The largest absolute Gasteiger partial charge is 0.355 e. The second kappa shape index (κ2) is 9.76. The highest BCUT2D eigenvalue weighted by molar-refractivity contribution is 6.06. The molecule has 3 amide bonds. The van der Waals surface area contributed by atoms with Crippen LogP contribution in [0.4, 0.5) is 0 Å². The highest BCUT2D eigenvalue weighted by Crippen LogP contribution is 2.25. The number of carbonyl (C=O) groups excluding carboxylic acids is 3. The van der Waals surface area contributed by atoms with Crippen LogP contribution in [0, 0.1) is 0 Å². The summed E-state index contributed by atoms with van der Waals surface area (Å²) in [6.45, 7) is 0.299. The van der Waals surface area contributed by atoms with E-state index in [1.165, 1.54) is 4.90 Å². The lowest BCUT2D eigenvalue weighted by Crippen LogP contribution is -2.23. The summed E-state index contributed by atoms with van der Waals surface area (Å²) in [5.74, 6) is -0.582. The van der Waals surface area contributed by atoms with E-state index in [4.69, 9.17) is 0 Å². The zero-order valence-corrected chi connectivity index (χ0v) is 20.0. The van der Waals surface area contributed by atoms with Crippen LogP contribution in [0.3, 0.4) is 0 Å². The first-order valence-electron chi connectivity index (χ1n) is 11.0. The predicted molar refractivity (Wildman–Crippen MR) is 133 cm³/mol. The van der Waals surface area contributed by atoms with Crippen LogP contribution in [-0.2, 0) is 13.6 Å². The Morgan fingerprint density at radius 2 is 1.66 bits per heavy atom. The zero-order valence-electron chi connectivity index (χ0n) is 20.0. The van der Waals surface area contributed by atoms with Gasteiger partial charge in [0, 0.05) is 57.4 Å². The van der Waals surface area contributed by atoms with Gasteiger partial charge in [0.05, 0.1) is 16.8 Å². The van der Waals surface area contributed by atoms with Gasteiger partial charge in [-0.1, -0.05) is 18.2 Å². The van der Waals surface area contributed by atoms with E-state index in [1.807, 2.05) is 18.2 Å². The Morgan fingerprint density at radius 1 is 0.943 bits per heavy atom. The molecule has 2 heterocycles. The quantitative estimate of drug-likeness (QED) is 0.450. The maximum absolute atomic E-state index is 13.0. The van der Waals surface area contributed by atoms with E-state index in [0.29, 0.717) is 34.4 Å². The lowest BCUT2D eigenvalue weighted by molar-refractivity contribution is 0.0826. The highest BCUT2D eigenvalue weighted by atomic mass is 16.2. The second-order valence-corrected chi connectivity index (χ2v) is 8.29. The van der Waals surface area contributed by atoms with Crippen molar-refractivity contribution in [2.75, 3.05) is 21.1 Å². The molecule has 0 aliphatic heterocycles. The normalized spacial score (nSPS) is 10.7. The average Bonchev–Trinajstić information content (AvgIpc) is 3.22. The molecule has 2 N–H and O–H groups in total. The molecule has 0 bridgehead atoms. The second-order valence-electron chi connectivity index (χ2n) is 8.29. The van der Waals surface area contributed by atoms with E-state index in [2.05, 4.69) is 20.7 Å². The van der Waals surface area contributed by atoms with Gasteiger partial charge in [-0.25, -0.2) is 0 Å². The third-order valence-corrected chi connectivity index (χ3v) is 5.67. The summed E-state index contributed by atoms with van der Waals surface area (Å²) in [4.78, 5) is 42.7. The van der Waals surface area contributed by atoms with Crippen molar-refractivity contribution in [2.45, 2.75) is 6.54 Å². The molecule has 0 unspecified atom stereocenters. The maximum Gasteiger partial charge on any atom is 0.272 e. The number of amides is 3. The Balaban J connectivity index is 1.55. The summed E-state index contributed by atoms with van der Waals surface area (Å²) in [6.07, 6.45) is 1.55. The van der Waals surface area contributed by atoms with E-state index in [-0.39, 0.29) is 17.7 Å². The lowest BCUT2D eigenvalue weighted by atomic mass is 10.1. The first kappa shape index (κ1) is 23.6. The summed E-state index contributed by atoms with van der Waals surface area (Å²) in [5.41, 5.74) is 4.55. The minimum Gasteiger partial charge on any atom is -0.355 e. The van der Waals surface area contributed by atoms with E-state index in [9.17, 15) is 14.4 Å². The fourth-order valence-corrected chi connectivity index (χ4v) is 3.73. The van der Waals surface area contributed by atoms with Crippen molar-refractivity contribution in [3.8, 4) is 11.3 Å². The van der Waals surface area contributed by atoms with E-state index in [1.54, 1.807) is 75.5 Å². The molecule has 0 atom stereocenters. The number of carbonyl (C=O) groups is 3. The lowest BCUT2D eigenvalue weighted by Gasteiger charge is -2.10. The van der Waals surface area contributed by atoms with E-state index in [0.717, 1.165) is 16.6 Å². The Kier molecular flexibility index (Phi) is 6.59. The van der Waals surface area contributed by atoms with E-state index >= 15 is 0 Å². The molecule has 9 heteroatoms. The van der Waals surface area contributed by atoms with Gasteiger partial charge in [-0.2, -0.15) is 5.10 Å². The third-order valence-electron chi connectivity index (χ3n) is 5.67. The van der Waals surface area contributed by atoms with Crippen LogP contribution in [0.5, 0.6) is 0 Å². The van der Waals surface area contributed by atoms with Crippen molar-refractivity contribution < 1.29 is 14.4 Å². The Labute approximate surface area is 202 Å². The number of hydrogen-bond donors (Lipinski definition) is 2. The number of aryl methyl sites for hydroxylation is 1. The molecular formula is C26H26N6O3. The van der Waals surface area contributed by atoms with Crippen LogP contribution in [-0.4, -0.2) is 58.5 Å².